The number of aromatic carboxylic acids is 1. The van der Waals surface area contributed by atoms with Crippen molar-refractivity contribution in [3.05, 3.63) is 36.8 Å². The van der Waals surface area contributed by atoms with Gasteiger partial charge in [0, 0.05) is 4.88 Å². The zero-order chi connectivity index (χ0) is 14.9. The first-order chi connectivity index (χ1) is 9.42. The van der Waals surface area contributed by atoms with E-state index in [1.165, 1.54) is 22.7 Å². The molecule has 2 rings (SSSR count). The molecule has 0 spiro atoms. The number of amides is 1. The molecule has 2 heterocycles. The number of carbonyl (C=O) groups is 2. The van der Waals surface area contributed by atoms with Crippen molar-refractivity contribution in [1.82, 2.24) is 0 Å². The molecular weight excluding hydrogens is 362 g/mol. The number of hydrogen-bond acceptors (Lipinski definition) is 4. The van der Waals surface area contributed by atoms with E-state index in [-0.39, 0.29) is 11.5 Å². The summed E-state index contributed by atoms with van der Waals surface area (Å²) in [4.78, 5) is 24.8. The van der Waals surface area contributed by atoms with Gasteiger partial charge in [-0.05, 0) is 47.0 Å². The molecule has 1 amide bonds. The highest BCUT2D eigenvalue weighted by molar-refractivity contribution is 9.11. The van der Waals surface area contributed by atoms with Crippen molar-refractivity contribution in [2.45, 2.75) is 20.3 Å². The van der Waals surface area contributed by atoms with Crippen molar-refractivity contribution < 1.29 is 14.7 Å². The van der Waals surface area contributed by atoms with Crippen molar-refractivity contribution in [3.8, 4) is 0 Å². The quantitative estimate of drug-likeness (QED) is 0.834. The maximum atomic E-state index is 12.1. The molecule has 0 aliphatic heterocycles. The summed E-state index contributed by atoms with van der Waals surface area (Å²) in [5.74, 6) is -1.31. The third-order valence-electron chi connectivity index (χ3n) is 2.67. The van der Waals surface area contributed by atoms with E-state index in [9.17, 15) is 9.59 Å². The Morgan fingerprint density at radius 2 is 2.05 bits per heavy atom. The van der Waals surface area contributed by atoms with E-state index in [0.29, 0.717) is 9.88 Å². The van der Waals surface area contributed by atoms with E-state index in [1.807, 2.05) is 13.8 Å². The number of anilines is 1. The maximum absolute atomic E-state index is 12.1. The van der Waals surface area contributed by atoms with Crippen molar-refractivity contribution in [2.75, 3.05) is 5.32 Å². The minimum Gasteiger partial charge on any atom is -0.478 e. The smallest absolute Gasteiger partial charge is 0.338 e. The van der Waals surface area contributed by atoms with Gasteiger partial charge in [0.1, 0.15) is 5.00 Å². The van der Waals surface area contributed by atoms with Crippen LogP contribution in [0, 0.1) is 6.92 Å². The van der Waals surface area contributed by atoms with Crippen LogP contribution in [-0.4, -0.2) is 17.0 Å². The summed E-state index contributed by atoms with van der Waals surface area (Å²) in [6.07, 6.45) is 0.741. The van der Waals surface area contributed by atoms with E-state index in [4.69, 9.17) is 5.11 Å². The van der Waals surface area contributed by atoms with E-state index in [1.54, 1.807) is 12.1 Å². The fraction of sp³-hybridized carbons (Fsp3) is 0.231. The molecule has 0 bridgehead atoms. The standard InChI is InChI=1S/C13H12BrNO3S2/c1-3-7-5-8(13(17)18)12(19-7)15-11(16)9-4-6(2)10(14)20-9/h4-5H,3H2,1-2H3,(H,15,16)(H,17,18). The number of rotatable bonds is 4. The molecule has 0 aromatic carbocycles. The van der Waals surface area contributed by atoms with Gasteiger partial charge < -0.3 is 10.4 Å². The van der Waals surface area contributed by atoms with E-state index < -0.39 is 5.97 Å². The van der Waals surface area contributed by atoms with E-state index in [2.05, 4.69) is 21.2 Å². The lowest BCUT2D eigenvalue weighted by atomic mass is 10.2. The third-order valence-corrected chi connectivity index (χ3v) is 6.00. The monoisotopic (exact) mass is 373 g/mol. The lowest BCUT2D eigenvalue weighted by Crippen LogP contribution is -2.11. The molecule has 2 N–H and O–H groups in total. The molecule has 7 heteroatoms. The number of carboxylic acids is 1. The van der Waals surface area contributed by atoms with Crippen LogP contribution in [-0.2, 0) is 6.42 Å². The second-order valence-corrected chi connectivity index (χ2v) is 7.64. The molecule has 0 atom stereocenters. The summed E-state index contributed by atoms with van der Waals surface area (Å²) in [7, 11) is 0. The number of carboxylic acid groups (broad SMARTS) is 1. The largest absolute Gasteiger partial charge is 0.478 e. The van der Waals surface area contributed by atoms with Crippen LogP contribution in [0.25, 0.3) is 0 Å². The highest BCUT2D eigenvalue weighted by Gasteiger charge is 2.18. The summed E-state index contributed by atoms with van der Waals surface area (Å²) in [5, 5.41) is 12.2. The van der Waals surface area contributed by atoms with Crippen LogP contribution < -0.4 is 5.32 Å². The average molecular weight is 374 g/mol. The predicted octanol–water partition coefficient (Wildman–Crippen LogP) is 4.39. The van der Waals surface area contributed by atoms with Gasteiger partial charge in [0.05, 0.1) is 14.2 Å². The van der Waals surface area contributed by atoms with Crippen LogP contribution in [0.1, 0.15) is 37.4 Å². The number of hydrogen-bond donors (Lipinski definition) is 2. The van der Waals surface area contributed by atoms with E-state index in [0.717, 1.165) is 20.6 Å². The second kappa shape index (κ2) is 6.07. The van der Waals surface area contributed by atoms with Crippen LogP contribution in [0.5, 0.6) is 0 Å². The lowest BCUT2D eigenvalue weighted by molar-refractivity contribution is 0.0698. The highest BCUT2D eigenvalue weighted by atomic mass is 79.9. The third kappa shape index (κ3) is 3.11. The molecule has 0 aliphatic carbocycles. The molecule has 0 unspecified atom stereocenters. The number of thiophene rings is 2. The molecule has 0 aliphatic rings. The van der Waals surface area contributed by atoms with Gasteiger partial charge in [-0.1, -0.05) is 6.92 Å². The molecule has 2 aromatic rings. The summed E-state index contributed by atoms with van der Waals surface area (Å²) in [5.41, 5.74) is 1.13. The maximum Gasteiger partial charge on any atom is 0.338 e. The summed E-state index contributed by atoms with van der Waals surface area (Å²) >= 11 is 6.00. The van der Waals surface area contributed by atoms with E-state index >= 15 is 0 Å². The molecule has 0 fully saturated rings. The molecular formula is C13H12BrNO3S2. The van der Waals surface area contributed by atoms with Crippen LogP contribution in [0.3, 0.4) is 0 Å². The van der Waals surface area contributed by atoms with Crippen LogP contribution in [0.2, 0.25) is 0 Å². The fourth-order valence-electron chi connectivity index (χ4n) is 1.60. The normalized spacial score (nSPS) is 10.6. The number of halogens is 1. The van der Waals surface area contributed by atoms with Crippen molar-refractivity contribution in [3.63, 3.8) is 0 Å². The Morgan fingerprint density at radius 1 is 1.35 bits per heavy atom. The summed E-state index contributed by atoms with van der Waals surface area (Å²) < 4.78 is 0.904. The van der Waals surface area contributed by atoms with Gasteiger partial charge in [0.25, 0.3) is 5.91 Å². The van der Waals surface area contributed by atoms with Crippen molar-refractivity contribution in [1.29, 1.82) is 0 Å². The van der Waals surface area contributed by atoms with Gasteiger partial charge in [-0.2, -0.15) is 0 Å². The van der Waals surface area contributed by atoms with Gasteiger partial charge in [0.15, 0.2) is 0 Å². The molecule has 20 heavy (non-hydrogen) atoms. The minimum atomic E-state index is -1.03. The predicted molar refractivity (Wildman–Crippen MR) is 85.4 cm³/mol. The van der Waals surface area contributed by atoms with Gasteiger partial charge >= 0.3 is 5.97 Å². The van der Waals surface area contributed by atoms with Gasteiger partial charge in [-0.25, -0.2) is 4.79 Å². The topological polar surface area (TPSA) is 66.4 Å². The minimum absolute atomic E-state index is 0.146. The lowest BCUT2D eigenvalue weighted by Gasteiger charge is -2.01. The second-order valence-electron chi connectivity index (χ2n) is 4.14. The summed E-state index contributed by atoms with van der Waals surface area (Å²) in [6, 6.07) is 3.39. The first kappa shape index (κ1) is 15.2. The first-order valence-electron chi connectivity index (χ1n) is 5.85. The van der Waals surface area contributed by atoms with Gasteiger partial charge in [-0.3, -0.25) is 4.79 Å². The molecule has 0 saturated heterocycles. The van der Waals surface area contributed by atoms with Crippen molar-refractivity contribution in [2.24, 2.45) is 0 Å². The molecule has 0 radical (unpaired) electrons. The zero-order valence-electron chi connectivity index (χ0n) is 10.8. The van der Waals surface area contributed by atoms with Crippen molar-refractivity contribution >= 4 is 55.5 Å². The van der Waals surface area contributed by atoms with Crippen LogP contribution in [0.4, 0.5) is 5.00 Å². The Labute approximate surface area is 132 Å². The SMILES string of the molecule is CCc1cc(C(=O)O)c(NC(=O)c2cc(C)c(Br)s2)s1. The molecule has 0 saturated carbocycles. The Hall–Kier alpha value is -1.18. The Morgan fingerprint density at radius 3 is 2.55 bits per heavy atom. The fourth-order valence-corrected chi connectivity index (χ4v) is 4.02. The molecule has 2 aromatic heterocycles. The van der Waals surface area contributed by atoms with Gasteiger partial charge in [-0.15, -0.1) is 22.7 Å². The molecule has 106 valence electrons. The highest BCUT2D eigenvalue weighted by Crippen LogP contribution is 2.31. The zero-order valence-corrected chi connectivity index (χ0v) is 14.0. The molecule has 4 nitrogen and oxygen atoms in total. The number of carbonyl (C=O) groups excluding carboxylic acids is 1. The Balaban J connectivity index is 2.27. The summed E-state index contributed by atoms with van der Waals surface area (Å²) in [6.45, 7) is 3.85. The number of aryl methyl sites for hydroxylation is 2. The van der Waals surface area contributed by atoms with Gasteiger partial charge in [0.2, 0.25) is 0 Å². The van der Waals surface area contributed by atoms with Crippen LogP contribution >= 0.6 is 38.6 Å². The first-order valence-corrected chi connectivity index (χ1v) is 8.28. The van der Waals surface area contributed by atoms with Crippen LogP contribution in [0.15, 0.2) is 15.9 Å². The average Bonchev–Trinajstić information content (AvgIpc) is 2.94. The Kier molecular flexibility index (Phi) is 4.62. The number of nitrogens with one attached hydrogen (secondary N) is 1. The Bertz CT molecular complexity index is 656.